The van der Waals surface area contributed by atoms with Crippen molar-refractivity contribution in [3.05, 3.63) is 47.4 Å². The predicted octanol–water partition coefficient (Wildman–Crippen LogP) is 3.13. The average molecular weight is 341 g/mol. The maximum Gasteiger partial charge on any atom is 0.274 e. The summed E-state index contributed by atoms with van der Waals surface area (Å²) in [7, 11) is 4.02. The molecule has 1 heterocycles. The van der Waals surface area contributed by atoms with Crippen LogP contribution in [0.15, 0.2) is 30.3 Å². The number of nitrogens with one attached hydrogen (secondary N) is 2. The molecular formula is C19H27N5O. The quantitative estimate of drug-likeness (QED) is 0.810. The van der Waals surface area contributed by atoms with Crippen LogP contribution in [0.25, 0.3) is 0 Å². The molecule has 0 fully saturated rings. The van der Waals surface area contributed by atoms with E-state index >= 15 is 0 Å². The minimum absolute atomic E-state index is 0.238. The van der Waals surface area contributed by atoms with E-state index in [4.69, 9.17) is 0 Å². The Labute approximate surface area is 149 Å². The van der Waals surface area contributed by atoms with Gasteiger partial charge >= 0.3 is 0 Å². The number of carbonyl (C=O) groups excluding carboxylic acids is 1. The summed E-state index contributed by atoms with van der Waals surface area (Å²) in [6.07, 6.45) is 0. The summed E-state index contributed by atoms with van der Waals surface area (Å²) in [6, 6.07) is 9.56. The maximum atomic E-state index is 12.5. The maximum absolute atomic E-state index is 12.5. The number of benzene rings is 1. The van der Waals surface area contributed by atoms with E-state index in [0.29, 0.717) is 23.3 Å². The number of nitrogens with zero attached hydrogens (tertiary/aromatic N) is 3. The molecule has 6 nitrogen and oxygen atoms in total. The molecule has 0 aliphatic carbocycles. The topological polar surface area (TPSA) is 70.2 Å². The Hall–Kier alpha value is -2.47. The minimum atomic E-state index is -0.238. The SMILES string of the molecule is Cc1nc(NCCN(C)C)cc(C(=O)Nc2ccc(C(C)C)cc2)n1. The van der Waals surface area contributed by atoms with Crippen molar-refractivity contribution >= 4 is 17.4 Å². The zero-order chi connectivity index (χ0) is 18.4. The van der Waals surface area contributed by atoms with Crippen molar-refractivity contribution in [2.45, 2.75) is 26.7 Å². The van der Waals surface area contributed by atoms with Crippen molar-refractivity contribution in [2.24, 2.45) is 0 Å². The van der Waals surface area contributed by atoms with Crippen LogP contribution in [0.5, 0.6) is 0 Å². The Balaban J connectivity index is 2.06. The Morgan fingerprint density at radius 3 is 2.44 bits per heavy atom. The van der Waals surface area contributed by atoms with Gasteiger partial charge in [0.15, 0.2) is 0 Å². The van der Waals surface area contributed by atoms with Crippen LogP contribution in [-0.4, -0.2) is 48.0 Å². The van der Waals surface area contributed by atoms with Crippen LogP contribution >= 0.6 is 0 Å². The first kappa shape index (κ1) is 18.9. The molecule has 0 spiro atoms. The minimum Gasteiger partial charge on any atom is -0.369 e. The van der Waals surface area contributed by atoms with Crippen molar-refractivity contribution in [3.8, 4) is 0 Å². The third-order valence-electron chi connectivity index (χ3n) is 3.77. The summed E-state index contributed by atoms with van der Waals surface area (Å²) in [5.41, 5.74) is 2.35. The Kier molecular flexibility index (Phi) is 6.47. The number of aromatic nitrogens is 2. The lowest BCUT2D eigenvalue weighted by molar-refractivity contribution is 0.102. The number of aryl methyl sites for hydroxylation is 1. The first-order valence-electron chi connectivity index (χ1n) is 8.50. The van der Waals surface area contributed by atoms with Gasteiger partial charge in [0.25, 0.3) is 5.91 Å². The van der Waals surface area contributed by atoms with Gasteiger partial charge in [-0.2, -0.15) is 0 Å². The van der Waals surface area contributed by atoms with E-state index in [1.807, 2.05) is 38.4 Å². The lowest BCUT2D eigenvalue weighted by Gasteiger charge is -2.12. The largest absolute Gasteiger partial charge is 0.369 e. The highest BCUT2D eigenvalue weighted by atomic mass is 16.1. The van der Waals surface area contributed by atoms with Gasteiger partial charge in [-0.3, -0.25) is 4.79 Å². The van der Waals surface area contributed by atoms with Crippen molar-refractivity contribution in [2.75, 3.05) is 37.8 Å². The summed E-state index contributed by atoms with van der Waals surface area (Å²) >= 11 is 0. The van der Waals surface area contributed by atoms with Crippen LogP contribution in [0.1, 0.15) is 41.6 Å². The van der Waals surface area contributed by atoms with Gasteiger partial charge in [-0.1, -0.05) is 26.0 Å². The van der Waals surface area contributed by atoms with Gasteiger partial charge in [0.2, 0.25) is 0 Å². The fourth-order valence-electron chi connectivity index (χ4n) is 2.33. The second-order valence-corrected chi connectivity index (χ2v) is 6.65. The molecule has 0 unspecified atom stereocenters. The molecule has 6 heteroatoms. The smallest absolute Gasteiger partial charge is 0.274 e. The molecule has 0 aliphatic heterocycles. The van der Waals surface area contributed by atoms with Crippen LogP contribution < -0.4 is 10.6 Å². The van der Waals surface area contributed by atoms with E-state index < -0.39 is 0 Å². The van der Waals surface area contributed by atoms with Gasteiger partial charge in [-0.25, -0.2) is 9.97 Å². The van der Waals surface area contributed by atoms with Crippen LogP contribution in [0.3, 0.4) is 0 Å². The number of rotatable bonds is 7. The van der Waals surface area contributed by atoms with Crippen LogP contribution in [-0.2, 0) is 0 Å². The molecule has 1 aromatic heterocycles. The number of anilines is 2. The van der Waals surface area contributed by atoms with Gasteiger partial charge in [-0.15, -0.1) is 0 Å². The van der Waals surface area contributed by atoms with Crippen LogP contribution in [0.2, 0.25) is 0 Å². The van der Waals surface area contributed by atoms with Gasteiger partial charge in [0, 0.05) is 24.8 Å². The molecule has 0 aliphatic rings. The molecule has 0 saturated carbocycles. The second kappa shape index (κ2) is 8.58. The molecule has 1 amide bonds. The van der Waals surface area contributed by atoms with Gasteiger partial charge in [0.1, 0.15) is 17.3 Å². The second-order valence-electron chi connectivity index (χ2n) is 6.65. The third kappa shape index (κ3) is 5.83. The Bertz CT molecular complexity index is 710. The molecule has 134 valence electrons. The van der Waals surface area contributed by atoms with Gasteiger partial charge < -0.3 is 15.5 Å². The highest BCUT2D eigenvalue weighted by Crippen LogP contribution is 2.18. The number of hydrogen-bond donors (Lipinski definition) is 2. The molecule has 0 atom stereocenters. The van der Waals surface area contributed by atoms with E-state index in [9.17, 15) is 4.79 Å². The number of carbonyl (C=O) groups is 1. The van der Waals surface area contributed by atoms with E-state index in [-0.39, 0.29) is 5.91 Å². The fraction of sp³-hybridized carbons (Fsp3) is 0.421. The van der Waals surface area contributed by atoms with Crippen molar-refractivity contribution in [3.63, 3.8) is 0 Å². The Morgan fingerprint density at radius 1 is 1.16 bits per heavy atom. The zero-order valence-electron chi connectivity index (χ0n) is 15.6. The summed E-state index contributed by atoms with van der Waals surface area (Å²) in [4.78, 5) is 23.1. The monoisotopic (exact) mass is 341 g/mol. The molecule has 0 bridgehead atoms. The standard InChI is InChI=1S/C19H27N5O/c1-13(2)15-6-8-16(9-7-15)23-19(25)17-12-18(22-14(3)21-17)20-10-11-24(4)5/h6-9,12-13H,10-11H2,1-5H3,(H,23,25)(H,20,21,22). The molecule has 2 N–H and O–H groups in total. The molecule has 2 aromatic rings. The van der Waals surface area contributed by atoms with E-state index in [1.165, 1.54) is 5.56 Å². The third-order valence-corrected chi connectivity index (χ3v) is 3.77. The lowest BCUT2D eigenvalue weighted by Crippen LogP contribution is -2.22. The van der Waals surface area contributed by atoms with Crippen molar-refractivity contribution in [1.29, 1.82) is 0 Å². The summed E-state index contributed by atoms with van der Waals surface area (Å²) in [5, 5.41) is 6.11. The number of likely N-dealkylation sites (N-methyl/N-ethyl adjacent to an activating group) is 1. The highest BCUT2D eigenvalue weighted by molar-refractivity contribution is 6.03. The first-order valence-corrected chi connectivity index (χ1v) is 8.50. The number of amides is 1. The molecule has 1 aromatic carbocycles. The van der Waals surface area contributed by atoms with Crippen LogP contribution in [0.4, 0.5) is 11.5 Å². The van der Waals surface area contributed by atoms with E-state index in [2.05, 4.69) is 39.3 Å². The highest BCUT2D eigenvalue weighted by Gasteiger charge is 2.11. The molecular weight excluding hydrogens is 314 g/mol. The average Bonchev–Trinajstić information content (AvgIpc) is 2.54. The summed E-state index contributed by atoms with van der Waals surface area (Å²) in [5.74, 6) is 1.45. The Morgan fingerprint density at radius 2 is 1.84 bits per heavy atom. The normalized spacial score (nSPS) is 11.0. The van der Waals surface area contributed by atoms with Crippen LogP contribution in [0, 0.1) is 6.92 Å². The molecule has 0 saturated heterocycles. The zero-order valence-corrected chi connectivity index (χ0v) is 15.6. The van der Waals surface area contributed by atoms with Gasteiger partial charge in [-0.05, 0) is 44.6 Å². The predicted molar refractivity (Wildman–Crippen MR) is 102 cm³/mol. The molecule has 2 rings (SSSR count). The van der Waals surface area contributed by atoms with Crippen molar-refractivity contribution < 1.29 is 4.79 Å². The lowest BCUT2D eigenvalue weighted by atomic mass is 10.0. The molecule has 25 heavy (non-hydrogen) atoms. The van der Waals surface area contributed by atoms with E-state index in [1.54, 1.807) is 13.0 Å². The fourth-order valence-corrected chi connectivity index (χ4v) is 2.33. The first-order chi connectivity index (χ1) is 11.8. The van der Waals surface area contributed by atoms with Gasteiger partial charge in [0.05, 0.1) is 0 Å². The van der Waals surface area contributed by atoms with Crippen molar-refractivity contribution in [1.82, 2.24) is 14.9 Å². The number of hydrogen-bond acceptors (Lipinski definition) is 5. The summed E-state index contributed by atoms with van der Waals surface area (Å²) < 4.78 is 0. The summed E-state index contributed by atoms with van der Waals surface area (Å²) in [6.45, 7) is 7.70. The van der Waals surface area contributed by atoms with E-state index in [0.717, 1.165) is 18.8 Å². The molecule has 0 radical (unpaired) electrons.